The molecular formula is C18H21NO2. The Bertz CT molecular complexity index is 618. The van der Waals surface area contributed by atoms with Gasteiger partial charge >= 0.3 is 6.09 Å². The van der Waals surface area contributed by atoms with E-state index >= 15 is 0 Å². The summed E-state index contributed by atoms with van der Waals surface area (Å²) in [5, 5.41) is 2.76. The molecule has 0 bridgehead atoms. The number of aryl methyl sites for hydroxylation is 3. The second kappa shape index (κ2) is 6.93. The lowest BCUT2D eigenvalue weighted by atomic mass is 10.1. The number of rotatable bonds is 4. The predicted octanol–water partition coefficient (Wildman–Crippen LogP) is 4.87. The average Bonchev–Trinajstić information content (AvgIpc) is 2.44. The van der Waals surface area contributed by atoms with Gasteiger partial charge in [-0.25, -0.2) is 4.79 Å². The molecule has 0 saturated carbocycles. The number of amides is 1. The summed E-state index contributed by atoms with van der Waals surface area (Å²) in [4.78, 5) is 11.9. The third kappa shape index (κ3) is 4.35. The summed E-state index contributed by atoms with van der Waals surface area (Å²) in [5.41, 5.74) is 4.20. The lowest BCUT2D eigenvalue weighted by Crippen LogP contribution is -2.17. The Labute approximate surface area is 126 Å². The second-order valence-electron chi connectivity index (χ2n) is 5.23. The number of hydrogen-bond acceptors (Lipinski definition) is 2. The van der Waals surface area contributed by atoms with E-state index in [4.69, 9.17) is 4.74 Å². The molecule has 0 aliphatic carbocycles. The van der Waals surface area contributed by atoms with E-state index in [1.807, 2.05) is 56.3 Å². The highest BCUT2D eigenvalue weighted by atomic mass is 16.6. The Hall–Kier alpha value is -2.29. The molecule has 0 heterocycles. The molecule has 0 atom stereocenters. The van der Waals surface area contributed by atoms with Crippen LogP contribution >= 0.6 is 0 Å². The van der Waals surface area contributed by atoms with Crippen molar-refractivity contribution >= 4 is 11.8 Å². The maximum absolute atomic E-state index is 11.9. The smallest absolute Gasteiger partial charge is 0.410 e. The Kier molecular flexibility index (Phi) is 4.99. The number of benzene rings is 2. The number of carbonyl (C=O) groups is 1. The van der Waals surface area contributed by atoms with Crippen molar-refractivity contribution in [3.05, 3.63) is 59.2 Å². The van der Waals surface area contributed by atoms with Crippen molar-refractivity contribution in [2.24, 2.45) is 0 Å². The van der Waals surface area contributed by atoms with Gasteiger partial charge in [-0.2, -0.15) is 0 Å². The fraction of sp³-hybridized carbons (Fsp3) is 0.278. The molecule has 0 aromatic heterocycles. The van der Waals surface area contributed by atoms with Crippen molar-refractivity contribution in [2.45, 2.75) is 33.6 Å². The van der Waals surface area contributed by atoms with Crippen LogP contribution in [-0.2, 0) is 6.42 Å². The minimum Gasteiger partial charge on any atom is -0.410 e. The van der Waals surface area contributed by atoms with E-state index in [0.717, 1.165) is 29.7 Å². The molecule has 2 aromatic carbocycles. The monoisotopic (exact) mass is 283 g/mol. The summed E-state index contributed by atoms with van der Waals surface area (Å²) in [7, 11) is 0. The zero-order valence-electron chi connectivity index (χ0n) is 12.8. The number of anilines is 1. The first-order chi connectivity index (χ1) is 10.1. The van der Waals surface area contributed by atoms with Gasteiger partial charge in [0.1, 0.15) is 5.75 Å². The maximum atomic E-state index is 11.9. The molecule has 0 fully saturated rings. The standard InChI is InChI=1S/C18H21NO2/c1-4-5-15-7-9-16(10-8-15)21-18(20)19-17-11-6-13(2)12-14(17)3/h6-12H,4-5H2,1-3H3,(H,19,20). The Morgan fingerprint density at radius 1 is 1.10 bits per heavy atom. The minimum absolute atomic E-state index is 0.467. The lowest BCUT2D eigenvalue weighted by Gasteiger charge is -2.10. The van der Waals surface area contributed by atoms with Gasteiger partial charge in [0, 0.05) is 5.69 Å². The van der Waals surface area contributed by atoms with Crippen molar-refractivity contribution in [1.82, 2.24) is 0 Å². The summed E-state index contributed by atoms with van der Waals surface area (Å²) in [5.74, 6) is 0.553. The van der Waals surface area contributed by atoms with Gasteiger partial charge in [0.05, 0.1) is 0 Å². The van der Waals surface area contributed by atoms with E-state index in [2.05, 4.69) is 12.2 Å². The summed E-state index contributed by atoms with van der Waals surface area (Å²) >= 11 is 0. The van der Waals surface area contributed by atoms with Crippen LogP contribution in [0.1, 0.15) is 30.0 Å². The molecule has 2 aromatic rings. The molecule has 0 spiro atoms. The van der Waals surface area contributed by atoms with Crippen molar-refractivity contribution < 1.29 is 9.53 Å². The van der Waals surface area contributed by atoms with Gasteiger partial charge in [0.15, 0.2) is 0 Å². The molecule has 1 N–H and O–H groups in total. The molecular weight excluding hydrogens is 262 g/mol. The number of nitrogens with one attached hydrogen (secondary N) is 1. The van der Waals surface area contributed by atoms with Gasteiger partial charge in [0.2, 0.25) is 0 Å². The number of carbonyl (C=O) groups excluding carboxylic acids is 1. The van der Waals surface area contributed by atoms with Crippen molar-refractivity contribution in [1.29, 1.82) is 0 Å². The molecule has 3 heteroatoms. The van der Waals surface area contributed by atoms with E-state index in [9.17, 15) is 4.79 Å². The van der Waals surface area contributed by atoms with Gasteiger partial charge < -0.3 is 4.74 Å². The molecule has 0 aliphatic rings. The molecule has 2 rings (SSSR count). The van der Waals surface area contributed by atoms with Crippen LogP contribution in [0.2, 0.25) is 0 Å². The summed E-state index contributed by atoms with van der Waals surface area (Å²) in [6, 6.07) is 13.5. The van der Waals surface area contributed by atoms with E-state index in [-0.39, 0.29) is 0 Å². The molecule has 0 unspecified atom stereocenters. The molecule has 1 amide bonds. The van der Waals surface area contributed by atoms with Crippen molar-refractivity contribution in [3.8, 4) is 5.75 Å². The predicted molar refractivity (Wildman–Crippen MR) is 86.0 cm³/mol. The van der Waals surface area contributed by atoms with E-state index in [1.54, 1.807) is 0 Å². The number of ether oxygens (including phenoxy) is 1. The van der Waals surface area contributed by atoms with Gasteiger partial charge in [0.25, 0.3) is 0 Å². The van der Waals surface area contributed by atoms with Gasteiger partial charge in [-0.05, 0) is 49.6 Å². The van der Waals surface area contributed by atoms with Crippen LogP contribution in [0.15, 0.2) is 42.5 Å². The summed E-state index contributed by atoms with van der Waals surface area (Å²) in [6.45, 7) is 6.12. The Morgan fingerprint density at radius 3 is 2.43 bits per heavy atom. The normalized spacial score (nSPS) is 10.2. The largest absolute Gasteiger partial charge is 0.417 e. The molecule has 3 nitrogen and oxygen atoms in total. The summed E-state index contributed by atoms with van der Waals surface area (Å²) in [6.07, 6.45) is 1.67. The Balaban J connectivity index is 1.98. The third-order valence-corrected chi connectivity index (χ3v) is 3.29. The molecule has 21 heavy (non-hydrogen) atoms. The van der Waals surface area contributed by atoms with E-state index in [0.29, 0.717) is 5.75 Å². The van der Waals surface area contributed by atoms with Crippen molar-refractivity contribution in [3.63, 3.8) is 0 Å². The van der Waals surface area contributed by atoms with E-state index < -0.39 is 6.09 Å². The molecule has 110 valence electrons. The molecule has 0 radical (unpaired) electrons. The van der Waals surface area contributed by atoms with Crippen LogP contribution in [0.3, 0.4) is 0 Å². The Morgan fingerprint density at radius 2 is 1.81 bits per heavy atom. The van der Waals surface area contributed by atoms with Gasteiger partial charge in [-0.3, -0.25) is 5.32 Å². The van der Waals surface area contributed by atoms with Crippen molar-refractivity contribution in [2.75, 3.05) is 5.32 Å². The van der Waals surface area contributed by atoms with Gasteiger partial charge in [-0.1, -0.05) is 43.2 Å². The highest BCUT2D eigenvalue weighted by Crippen LogP contribution is 2.18. The number of hydrogen-bond donors (Lipinski definition) is 1. The van der Waals surface area contributed by atoms with Gasteiger partial charge in [-0.15, -0.1) is 0 Å². The zero-order chi connectivity index (χ0) is 15.2. The second-order valence-corrected chi connectivity index (χ2v) is 5.23. The zero-order valence-corrected chi connectivity index (χ0v) is 12.8. The first kappa shape index (κ1) is 15.1. The quantitative estimate of drug-likeness (QED) is 0.869. The first-order valence-corrected chi connectivity index (χ1v) is 7.23. The maximum Gasteiger partial charge on any atom is 0.417 e. The highest BCUT2D eigenvalue weighted by molar-refractivity contribution is 5.87. The highest BCUT2D eigenvalue weighted by Gasteiger charge is 2.07. The van der Waals surface area contributed by atoms with Crippen LogP contribution in [0.4, 0.5) is 10.5 Å². The fourth-order valence-electron chi connectivity index (χ4n) is 2.21. The van der Waals surface area contributed by atoms with E-state index in [1.165, 1.54) is 5.56 Å². The van der Waals surface area contributed by atoms with Crippen LogP contribution < -0.4 is 10.1 Å². The first-order valence-electron chi connectivity index (χ1n) is 7.23. The van der Waals surface area contributed by atoms with Crippen LogP contribution in [0.5, 0.6) is 5.75 Å². The fourth-order valence-corrected chi connectivity index (χ4v) is 2.21. The average molecular weight is 283 g/mol. The van der Waals surface area contributed by atoms with Crippen LogP contribution in [0, 0.1) is 13.8 Å². The lowest BCUT2D eigenvalue weighted by molar-refractivity contribution is 0.215. The van der Waals surface area contributed by atoms with Crippen LogP contribution in [0.25, 0.3) is 0 Å². The topological polar surface area (TPSA) is 38.3 Å². The molecule has 0 aliphatic heterocycles. The minimum atomic E-state index is -0.467. The van der Waals surface area contributed by atoms with Crippen LogP contribution in [-0.4, -0.2) is 6.09 Å². The third-order valence-electron chi connectivity index (χ3n) is 3.29. The molecule has 0 saturated heterocycles. The SMILES string of the molecule is CCCc1ccc(OC(=O)Nc2ccc(C)cc2C)cc1. The summed E-state index contributed by atoms with van der Waals surface area (Å²) < 4.78 is 5.29.